The number of carbonyl (C=O) groups is 1. The minimum atomic E-state index is -0.815. The monoisotopic (exact) mass is 461 g/mol. The molecule has 0 aliphatic heterocycles. The SMILES string of the molecule is Cc1cc(OCCCc2cn(C(CC(=O)O)c3ccccc3)c3ccccc23)cc(C)c1Cl. The molecule has 1 atom stereocenters. The third-order valence-electron chi connectivity index (χ3n) is 5.98. The van der Waals surface area contributed by atoms with Crippen LogP contribution in [-0.4, -0.2) is 22.2 Å². The summed E-state index contributed by atoms with van der Waals surface area (Å²) in [5.41, 5.74) is 5.26. The van der Waals surface area contributed by atoms with Gasteiger partial charge in [-0.3, -0.25) is 4.79 Å². The van der Waals surface area contributed by atoms with E-state index in [0.717, 1.165) is 51.2 Å². The van der Waals surface area contributed by atoms with E-state index in [1.54, 1.807) is 0 Å². The lowest BCUT2D eigenvalue weighted by Gasteiger charge is -2.19. The Hall–Kier alpha value is -3.24. The number of para-hydroxylation sites is 1. The number of carboxylic acid groups (broad SMARTS) is 1. The van der Waals surface area contributed by atoms with Crippen molar-refractivity contribution in [3.05, 3.63) is 100 Å². The van der Waals surface area contributed by atoms with Crippen molar-refractivity contribution in [2.75, 3.05) is 6.61 Å². The highest BCUT2D eigenvalue weighted by atomic mass is 35.5. The number of carboxylic acids is 1. The van der Waals surface area contributed by atoms with Gasteiger partial charge in [-0.15, -0.1) is 0 Å². The van der Waals surface area contributed by atoms with Gasteiger partial charge >= 0.3 is 5.97 Å². The molecular weight excluding hydrogens is 434 g/mol. The molecule has 4 rings (SSSR count). The number of hydrogen-bond donors (Lipinski definition) is 1. The topological polar surface area (TPSA) is 51.5 Å². The zero-order chi connectivity index (χ0) is 23.4. The van der Waals surface area contributed by atoms with Crippen molar-refractivity contribution in [3.8, 4) is 5.75 Å². The number of aliphatic carboxylic acids is 1. The third-order valence-corrected chi connectivity index (χ3v) is 6.58. The molecule has 1 unspecified atom stereocenters. The van der Waals surface area contributed by atoms with Gasteiger partial charge in [-0.1, -0.05) is 60.1 Å². The van der Waals surface area contributed by atoms with E-state index in [9.17, 15) is 9.90 Å². The number of nitrogens with zero attached hydrogens (tertiary/aromatic N) is 1. The summed E-state index contributed by atoms with van der Waals surface area (Å²) in [7, 11) is 0. The van der Waals surface area contributed by atoms with Gasteiger partial charge in [-0.25, -0.2) is 0 Å². The molecule has 0 aliphatic rings. The first-order valence-corrected chi connectivity index (χ1v) is 11.6. The number of aryl methyl sites for hydroxylation is 3. The quantitative estimate of drug-likeness (QED) is 0.273. The maximum Gasteiger partial charge on any atom is 0.305 e. The van der Waals surface area contributed by atoms with Gasteiger partial charge in [-0.05, 0) is 67.1 Å². The summed E-state index contributed by atoms with van der Waals surface area (Å²) in [5, 5.41) is 11.5. The van der Waals surface area contributed by atoms with E-state index in [0.29, 0.717) is 6.61 Å². The van der Waals surface area contributed by atoms with E-state index in [4.69, 9.17) is 16.3 Å². The summed E-state index contributed by atoms with van der Waals surface area (Å²) >= 11 is 6.26. The zero-order valence-corrected chi connectivity index (χ0v) is 19.7. The fourth-order valence-electron chi connectivity index (χ4n) is 4.39. The van der Waals surface area contributed by atoms with Crippen molar-refractivity contribution in [2.45, 2.75) is 39.2 Å². The molecule has 0 radical (unpaired) electrons. The number of rotatable bonds is 9. The molecule has 5 heteroatoms. The molecule has 0 fully saturated rings. The Morgan fingerprint density at radius 2 is 1.70 bits per heavy atom. The molecule has 170 valence electrons. The Kier molecular flexibility index (Phi) is 7.05. The summed E-state index contributed by atoms with van der Waals surface area (Å²) < 4.78 is 8.10. The summed E-state index contributed by atoms with van der Waals surface area (Å²) in [6.07, 6.45) is 3.83. The zero-order valence-electron chi connectivity index (χ0n) is 18.9. The highest BCUT2D eigenvalue weighted by Gasteiger charge is 2.20. The van der Waals surface area contributed by atoms with Crippen molar-refractivity contribution in [1.29, 1.82) is 0 Å². The molecule has 33 heavy (non-hydrogen) atoms. The van der Waals surface area contributed by atoms with Crippen molar-refractivity contribution >= 4 is 28.5 Å². The predicted molar refractivity (Wildman–Crippen MR) is 134 cm³/mol. The second-order valence-corrected chi connectivity index (χ2v) is 8.80. The van der Waals surface area contributed by atoms with E-state index in [1.165, 1.54) is 5.56 Å². The van der Waals surface area contributed by atoms with Crippen LogP contribution in [0.3, 0.4) is 0 Å². The Morgan fingerprint density at radius 3 is 2.39 bits per heavy atom. The van der Waals surface area contributed by atoms with Gasteiger partial charge in [0.2, 0.25) is 0 Å². The normalized spacial score (nSPS) is 12.1. The molecule has 1 N–H and O–H groups in total. The molecule has 0 saturated heterocycles. The van der Waals surface area contributed by atoms with Gasteiger partial charge in [0.1, 0.15) is 5.75 Å². The Balaban J connectivity index is 1.55. The van der Waals surface area contributed by atoms with E-state index >= 15 is 0 Å². The summed E-state index contributed by atoms with van der Waals surface area (Å²) in [6, 6.07) is 21.7. The Morgan fingerprint density at radius 1 is 1.03 bits per heavy atom. The second-order valence-electron chi connectivity index (χ2n) is 8.43. The summed E-state index contributed by atoms with van der Waals surface area (Å²) in [4.78, 5) is 11.7. The highest BCUT2D eigenvalue weighted by molar-refractivity contribution is 6.32. The first-order valence-electron chi connectivity index (χ1n) is 11.2. The predicted octanol–water partition coefficient (Wildman–Crippen LogP) is 6.99. The van der Waals surface area contributed by atoms with Crippen molar-refractivity contribution in [3.63, 3.8) is 0 Å². The number of ether oxygens (including phenoxy) is 1. The van der Waals surface area contributed by atoms with Crippen LogP contribution in [-0.2, 0) is 11.2 Å². The first kappa shape index (κ1) is 22.9. The van der Waals surface area contributed by atoms with E-state index < -0.39 is 5.97 Å². The van der Waals surface area contributed by atoms with Crippen LogP contribution in [0.4, 0.5) is 0 Å². The largest absolute Gasteiger partial charge is 0.494 e. The number of aromatic nitrogens is 1. The fourth-order valence-corrected chi connectivity index (χ4v) is 4.50. The number of fused-ring (bicyclic) bond motifs is 1. The van der Waals surface area contributed by atoms with Gasteiger partial charge in [0, 0.05) is 22.1 Å². The van der Waals surface area contributed by atoms with Gasteiger partial charge in [0.15, 0.2) is 0 Å². The standard InChI is InChI=1S/C28H28ClNO3/c1-19-15-23(16-20(2)28(19)29)33-14-8-11-22-18-30(25-13-7-6-12-24(22)25)26(17-27(31)32)21-9-4-3-5-10-21/h3-7,9-10,12-13,15-16,18,26H,8,11,14,17H2,1-2H3,(H,31,32). The molecule has 0 amide bonds. The van der Waals surface area contributed by atoms with Crippen LogP contribution in [0.1, 0.15) is 41.1 Å². The van der Waals surface area contributed by atoms with Crippen molar-refractivity contribution in [1.82, 2.24) is 4.57 Å². The average molecular weight is 462 g/mol. The van der Waals surface area contributed by atoms with Gasteiger partial charge in [0.05, 0.1) is 19.1 Å². The number of benzene rings is 3. The van der Waals surface area contributed by atoms with Crippen molar-refractivity contribution in [2.24, 2.45) is 0 Å². The van der Waals surface area contributed by atoms with E-state index in [-0.39, 0.29) is 12.5 Å². The lowest BCUT2D eigenvalue weighted by Crippen LogP contribution is -2.14. The average Bonchev–Trinajstić information content (AvgIpc) is 3.17. The first-order chi connectivity index (χ1) is 15.9. The number of hydrogen-bond acceptors (Lipinski definition) is 2. The Bertz CT molecular complexity index is 1240. The van der Waals surface area contributed by atoms with Crippen LogP contribution in [0.15, 0.2) is 72.9 Å². The minimum absolute atomic E-state index is 0.0283. The molecule has 0 saturated carbocycles. The second kappa shape index (κ2) is 10.1. The van der Waals surface area contributed by atoms with Crippen LogP contribution >= 0.6 is 11.6 Å². The molecule has 0 spiro atoms. The third kappa shape index (κ3) is 5.23. The molecule has 1 heterocycles. The molecule has 3 aromatic carbocycles. The molecule has 1 aromatic heterocycles. The maximum atomic E-state index is 11.7. The Labute approximate surface area is 199 Å². The molecule has 0 bridgehead atoms. The van der Waals surface area contributed by atoms with E-state index in [2.05, 4.69) is 22.9 Å². The van der Waals surface area contributed by atoms with Crippen LogP contribution in [0.2, 0.25) is 5.02 Å². The summed E-state index contributed by atoms with van der Waals surface area (Å²) in [6.45, 7) is 4.56. The highest BCUT2D eigenvalue weighted by Crippen LogP contribution is 2.31. The van der Waals surface area contributed by atoms with Crippen LogP contribution in [0, 0.1) is 13.8 Å². The lowest BCUT2D eigenvalue weighted by molar-refractivity contribution is -0.137. The van der Waals surface area contributed by atoms with Gasteiger partial charge in [-0.2, -0.15) is 0 Å². The van der Waals surface area contributed by atoms with Crippen molar-refractivity contribution < 1.29 is 14.6 Å². The lowest BCUT2D eigenvalue weighted by atomic mass is 10.0. The molecule has 0 aliphatic carbocycles. The molecule has 4 aromatic rings. The smallest absolute Gasteiger partial charge is 0.305 e. The summed E-state index contributed by atoms with van der Waals surface area (Å²) in [5.74, 6) is 0.0209. The van der Waals surface area contributed by atoms with Crippen LogP contribution in [0.5, 0.6) is 5.75 Å². The maximum absolute atomic E-state index is 11.7. The number of halogens is 1. The minimum Gasteiger partial charge on any atom is -0.494 e. The fraction of sp³-hybridized carbons (Fsp3) is 0.250. The van der Waals surface area contributed by atoms with Crippen LogP contribution < -0.4 is 4.74 Å². The van der Waals surface area contributed by atoms with E-state index in [1.807, 2.05) is 68.4 Å². The van der Waals surface area contributed by atoms with Gasteiger partial charge in [0.25, 0.3) is 0 Å². The van der Waals surface area contributed by atoms with Gasteiger partial charge < -0.3 is 14.4 Å². The molecular formula is C28H28ClNO3. The van der Waals surface area contributed by atoms with Crippen LogP contribution in [0.25, 0.3) is 10.9 Å². The molecule has 4 nitrogen and oxygen atoms in total.